The van der Waals surface area contributed by atoms with E-state index < -0.39 is 67.9 Å². The number of rotatable bonds is 10. The van der Waals surface area contributed by atoms with Crippen molar-refractivity contribution in [2.45, 2.75) is 63.9 Å². The minimum Gasteiger partial charge on any atom is -0.461 e. The number of aliphatic hydroxyl groups excluding tert-OH is 1. The number of benzene rings is 1. The van der Waals surface area contributed by atoms with Gasteiger partial charge in [-0.25, -0.2) is 14.2 Å². The molecule has 0 bridgehead atoms. The van der Waals surface area contributed by atoms with E-state index >= 15 is 0 Å². The average molecular weight is 553 g/mol. The van der Waals surface area contributed by atoms with E-state index in [-0.39, 0.29) is 5.75 Å². The molecular formula is C23H28N3O11P. The molecule has 15 heteroatoms. The Morgan fingerprint density at radius 2 is 1.97 bits per heavy atom. The maximum atomic E-state index is 13.6. The molecular weight excluding hydrogens is 525 g/mol. The van der Waals surface area contributed by atoms with Crippen LogP contribution in [0.25, 0.3) is 0 Å². The Hall–Kier alpha value is -3.31. The van der Waals surface area contributed by atoms with Crippen molar-refractivity contribution < 1.29 is 42.6 Å². The third-order valence-corrected chi connectivity index (χ3v) is 6.57. The molecule has 3 N–H and O–H groups in total. The molecule has 0 radical (unpaired) electrons. The van der Waals surface area contributed by atoms with Gasteiger partial charge in [0.2, 0.25) is 5.60 Å². The Balaban J connectivity index is 1.86. The van der Waals surface area contributed by atoms with Gasteiger partial charge in [0, 0.05) is 0 Å². The molecule has 1 aliphatic rings. The number of esters is 1. The number of aromatic amines is 1. The number of hydrogen-bond acceptors (Lipinski definition) is 12. The van der Waals surface area contributed by atoms with Crippen LogP contribution in [0.2, 0.25) is 0 Å². The SMILES string of the molecule is CC#CC1(O)[C@@H](O)[C@@H](COP(=O)(Oc2ccccc2)O[C@@H](C)C(=O)OC(C)C)O[C@H]1n1ncc(=O)[nH]c1=O. The molecule has 1 fully saturated rings. The van der Waals surface area contributed by atoms with Gasteiger partial charge in [0.1, 0.15) is 24.2 Å². The first-order valence-electron chi connectivity index (χ1n) is 11.4. The standard InChI is InChI=1S/C23H28N3O11P/c1-5-11-23(31)19(28)17(35-21(23)26-22(30)25-18(27)12-24-26)13-33-38(32,37-16-9-7-6-8-10-16)36-15(4)20(29)34-14(2)3/h6-10,12,14-15,17,19,21,28,31H,13H2,1-4H3,(H,25,27,30)/t15-,17+,19-,21+,23?,38?/m0/s1. The third kappa shape index (κ3) is 6.76. The molecule has 0 spiro atoms. The summed E-state index contributed by atoms with van der Waals surface area (Å²) >= 11 is 0. The number of nitrogens with zero attached hydrogens (tertiary/aromatic N) is 2. The number of aromatic nitrogens is 3. The van der Waals surface area contributed by atoms with Gasteiger partial charge in [0.05, 0.1) is 12.7 Å². The van der Waals surface area contributed by atoms with Gasteiger partial charge >= 0.3 is 19.5 Å². The van der Waals surface area contributed by atoms with Crippen LogP contribution >= 0.6 is 7.82 Å². The Bertz CT molecular complexity index is 1350. The summed E-state index contributed by atoms with van der Waals surface area (Å²) in [7, 11) is -4.58. The van der Waals surface area contributed by atoms with Gasteiger partial charge in [-0.1, -0.05) is 24.1 Å². The number of phosphoric acid groups is 1. The fourth-order valence-corrected chi connectivity index (χ4v) is 4.77. The van der Waals surface area contributed by atoms with Crippen molar-refractivity contribution in [1.82, 2.24) is 14.8 Å². The zero-order valence-electron chi connectivity index (χ0n) is 21.0. The highest BCUT2D eigenvalue weighted by atomic mass is 31.2. The molecule has 6 atom stereocenters. The molecule has 1 aliphatic heterocycles. The molecule has 2 unspecified atom stereocenters. The summed E-state index contributed by atoms with van der Waals surface area (Å²) in [4.78, 5) is 37.9. The van der Waals surface area contributed by atoms with Crippen molar-refractivity contribution in [1.29, 1.82) is 0 Å². The van der Waals surface area contributed by atoms with Crippen LogP contribution in [0.1, 0.15) is 33.9 Å². The lowest BCUT2D eigenvalue weighted by molar-refractivity contribution is -0.156. The number of aliphatic hydroxyl groups is 2. The number of hydrogen-bond donors (Lipinski definition) is 3. The van der Waals surface area contributed by atoms with Crippen LogP contribution in [0.3, 0.4) is 0 Å². The van der Waals surface area contributed by atoms with Crippen LogP contribution in [0.4, 0.5) is 0 Å². The summed E-state index contributed by atoms with van der Waals surface area (Å²) in [5.74, 6) is 4.08. The molecule has 2 heterocycles. The minimum atomic E-state index is -4.58. The number of carbonyl (C=O) groups excluding carboxylic acids is 1. The minimum absolute atomic E-state index is 0.0865. The second kappa shape index (κ2) is 12.0. The smallest absolute Gasteiger partial charge is 0.461 e. The number of H-pyrrole nitrogens is 1. The highest BCUT2D eigenvalue weighted by Crippen LogP contribution is 2.51. The van der Waals surface area contributed by atoms with Crippen molar-refractivity contribution >= 4 is 13.8 Å². The van der Waals surface area contributed by atoms with Crippen molar-refractivity contribution in [3.05, 3.63) is 57.4 Å². The molecule has 2 aromatic rings. The highest BCUT2D eigenvalue weighted by molar-refractivity contribution is 7.49. The highest BCUT2D eigenvalue weighted by Gasteiger charge is 2.57. The summed E-state index contributed by atoms with van der Waals surface area (Å²) in [6.07, 6.45) is -6.01. The van der Waals surface area contributed by atoms with E-state index in [1.54, 1.807) is 32.0 Å². The van der Waals surface area contributed by atoms with E-state index in [0.29, 0.717) is 4.68 Å². The van der Waals surface area contributed by atoms with Crippen molar-refractivity contribution in [2.75, 3.05) is 6.61 Å². The number of para-hydroxylation sites is 1. The summed E-state index contributed by atoms with van der Waals surface area (Å²) < 4.78 is 41.0. The fraction of sp³-hybridized carbons (Fsp3) is 0.478. The number of phosphoric ester groups is 1. The summed E-state index contributed by atoms with van der Waals surface area (Å²) in [6, 6.07) is 7.83. The second-order valence-corrected chi connectivity index (χ2v) is 9.98. The predicted molar refractivity (Wildman–Crippen MR) is 130 cm³/mol. The maximum absolute atomic E-state index is 13.6. The van der Waals surface area contributed by atoms with Gasteiger partial charge < -0.3 is 24.2 Å². The van der Waals surface area contributed by atoms with Gasteiger partial charge in [0.25, 0.3) is 5.56 Å². The third-order valence-electron chi connectivity index (χ3n) is 5.10. The summed E-state index contributed by atoms with van der Waals surface area (Å²) in [5.41, 5.74) is -4.21. The first-order chi connectivity index (χ1) is 17.9. The normalized spacial score (nSPS) is 25.2. The molecule has 3 rings (SSSR count). The molecule has 1 aromatic heterocycles. The quantitative estimate of drug-likeness (QED) is 0.210. The van der Waals surface area contributed by atoms with Gasteiger partial charge in [-0.3, -0.25) is 18.8 Å². The van der Waals surface area contributed by atoms with Crippen molar-refractivity contribution in [3.8, 4) is 17.6 Å². The summed E-state index contributed by atoms with van der Waals surface area (Å²) in [5, 5.41) is 25.6. The monoisotopic (exact) mass is 553 g/mol. The Morgan fingerprint density at radius 3 is 2.58 bits per heavy atom. The number of ether oxygens (including phenoxy) is 2. The Kier molecular flexibility index (Phi) is 9.26. The molecule has 1 saturated heterocycles. The van der Waals surface area contributed by atoms with E-state index in [0.717, 1.165) is 6.20 Å². The Morgan fingerprint density at radius 1 is 1.29 bits per heavy atom. The first-order valence-corrected chi connectivity index (χ1v) is 12.9. The van der Waals surface area contributed by atoms with Crippen LogP contribution in [-0.4, -0.2) is 67.6 Å². The second-order valence-electron chi connectivity index (χ2n) is 8.44. The predicted octanol–water partition coefficient (Wildman–Crippen LogP) is 0.505. The van der Waals surface area contributed by atoms with Crippen LogP contribution in [0.15, 0.2) is 46.1 Å². The van der Waals surface area contributed by atoms with E-state index in [2.05, 4.69) is 16.9 Å². The van der Waals surface area contributed by atoms with Crippen LogP contribution in [0.5, 0.6) is 5.75 Å². The average Bonchev–Trinajstić information content (AvgIpc) is 3.08. The van der Waals surface area contributed by atoms with Crippen LogP contribution < -0.4 is 15.8 Å². The maximum Gasteiger partial charge on any atom is 0.530 e. The molecule has 206 valence electrons. The van der Waals surface area contributed by atoms with Crippen LogP contribution in [0, 0.1) is 11.8 Å². The lowest BCUT2D eigenvalue weighted by Crippen LogP contribution is -2.49. The molecule has 38 heavy (non-hydrogen) atoms. The zero-order valence-corrected chi connectivity index (χ0v) is 21.9. The Labute approximate surface area is 217 Å². The molecule has 0 amide bonds. The van der Waals surface area contributed by atoms with Gasteiger partial charge in [-0.15, -0.1) is 5.92 Å². The van der Waals surface area contributed by atoms with Gasteiger partial charge in [0.15, 0.2) is 12.3 Å². The lowest BCUT2D eigenvalue weighted by atomic mass is 9.95. The van der Waals surface area contributed by atoms with Gasteiger partial charge in [-0.05, 0) is 39.8 Å². The van der Waals surface area contributed by atoms with Crippen molar-refractivity contribution in [2.24, 2.45) is 0 Å². The molecule has 0 aliphatic carbocycles. The molecule has 0 saturated carbocycles. The fourth-order valence-electron chi connectivity index (χ4n) is 3.43. The van der Waals surface area contributed by atoms with E-state index in [9.17, 15) is 29.2 Å². The number of carbonyl (C=O) groups is 1. The summed E-state index contributed by atoms with van der Waals surface area (Å²) in [6.45, 7) is 5.20. The zero-order chi connectivity index (χ0) is 28.1. The van der Waals surface area contributed by atoms with E-state index in [1.165, 1.54) is 26.0 Å². The van der Waals surface area contributed by atoms with E-state index in [1.807, 2.05) is 4.98 Å². The van der Waals surface area contributed by atoms with E-state index in [4.69, 9.17) is 23.0 Å². The molecule has 14 nitrogen and oxygen atoms in total. The largest absolute Gasteiger partial charge is 0.530 e. The number of nitrogens with one attached hydrogen (secondary N) is 1. The molecule has 1 aromatic carbocycles. The van der Waals surface area contributed by atoms with Gasteiger partial charge in [-0.2, -0.15) is 9.78 Å². The lowest BCUT2D eigenvalue weighted by Gasteiger charge is -2.25. The first kappa shape index (κ1) is 29.2. The van der Waals surface area contributed by atoms with Crippen molar-refractivity contribution in [3.63, 3.8) is 0 Å². The topological polar surface area (TPSA) is 188 Å². The van der Waals surface area contributed by atoms with Crippen LogP contribution in [-0.2, 0) is 27.9 Å².